The number of aromatic nitrogens is 3. The van der Waals surface area contributed by atoms with Crippen LogP contribution in [0.2, 0.25) is 5.15 Å². The molecule has 0 radical (unpaired) electrons. The number of pyridine rings is 1. The fourth-order valence-corrected chi connectivity index (χ4v) is 2.18. The topological polar surface area (TPSA) is 41.9 Å². The van der Waals surface area contributed by atoms with Crippen molar-refractivity contribution in [3.05, 3.63) is 46.0 Å². The maximum absolute atomic E-state index is 5.94. The molecule has 0 aliphatic heterocycles. The molecule has 0 unspecified atom stereocenters. The van der Waals surface area contributed by atoms with Gasteiger partial charge in [-0.05, 0) is 28.1 Å². The van der Waals surface area contributed by atoms with Crippen molar-refractivity contribution >= 4 is 33.3 Å². The Morgan fingerprint density at radius 2 is 2.11 bits per heavy atom. The summed E-state index contributed by atoms with van der Waals surface area (Å²) in [5.74, 6) is 0.783. The largest absolute Gasteiger partial charge is 0.358 e. The van der Waals surface area contributed by atoms with Crippen LogP contribution in [0.5, 0.6) is 0 Å². The zero-order chi connectivity index (χ0) is 13.0. The Balaban J connectivity index is 2.04. The van der Waals surface area contributed by atoms with Gasteiger partial charge in [-0.1, -0.05) is 17.7 Å². The Morgan fingerprint density at radius 1 is 1.28 bits per heavy atom. The minimum absolute atomic E-state index is 0.421. The molecule has 0 aliphatic rings. The summed E-state index contributed by atoms with van der Waals surface area (Å²) < 4.78 is 0.718. The third-order valence-corrected chi connectivity index (χ3v) is 3.76. The maximum Gasteiger partial charge on any atom is 0.148 e. The van der Waals surface area contributed by atoms with Crippen LogP contribution in [0.25, 0.3) is 0 Å². The summed E-state index contributed by atoms with van der Waals surface area (Å²) in [6, 6.07) is 5.91. The Bertz CT molecular complexity index is 521. The number of rotatable bonds is 4. The van der Waals surface area contributed by atoms with E-state index in [9.17, 15) is 0 Å². The van der Waals surface area contributed by atoms with E-state index < -0.39 is 0 Å². The molecular formula is C12H12BrClN4. The molecule has 0 N–H and O–H groups in total. The minimum atomic E-state index is 0.421. The molecule has 0 saturated heterocycles. The molecule has 94 valence electrons. The number of likely N-dealkylation sites (N-methyl/N-ethyl adjacent to an activating group) is 1. The zero-order valence-corrected chi connectivity index (χ0v) is 12.2. The molecule has 0 bridgehead atoms. The van der Waals surface area contributed by atoms with Crippen LogP contribution < -0.4 is 4.90 Å². The van der Waals surface area contributed by atoms with E-state index in [4.69, 9.17) is 11.6 Å². The van der Waals surface area contributed by atoms with Gasteiger partial charge in [-0.2, -0.15) is 0 Å². The fraction of sp³-hybridized carbons (Fsp3) is 0.250. The first kappa shape index (κ1) is 13.2. The van der Waals surface area contributed by atoms with E-state index >= 15 is 0 Å². The summed E-state index contributed by atoms with van der Waals surface area (Å²) in [5.41, 5.74) is 1.06. The van der Waals surface area contributed by atoms with Crippen LogP contribution >= 0.6 is 27.5 Å². The van der Waals surface area contributed by atoms with Crippen molar-refractivity contribution in [2.75, 3.05) is 18.5 Å². The molecule has 0 atom stereocenters. The first-order valence-electron chi connectivity index (χ1n) is 5.45. The Hall–Kier alpha value is -1.20. The average Bonchev–Trinajstić information content (AvgIpc) is 2.40. The van der Waals surface area contributed by atoms with Crippen molar-refractivity contribution in [2.45, 2.75) is 6.42 Å². The number of hydrogen-bond donors (Lipinski definition) is 0. The molecule has 18 heavy (non-hydrogen) atoms. The Labute approximate surface area is 119 Å². The van der Waals surface area contributed by atoms with E-state index in [0.29, 0.717) is 5.15 Å². The van der Waals surface area contributed by atoms with Crippen LogP contribution in [0.4, 0.5) is 5.82 Å². The highest BCUT2D eigenvalue weighted by Crippen LogP contribution is 2.28. The third kappa shape index (κ3) is 3.17. The van der Waals surface area contributed by atoms with Gasteiger partial charge in [-0.25, -0.2) is 9.97 Å². The molecule has 2 aromatic heterocycles. The van der Waals surface area contributed by atoms with E-state index in [2.05, 4.69) is 30.9 Å². The van der Waals surface area contributed by atoms with E-state index in [0.717, 1.165) is 29.0 Å². The van der Waals surface area contributed by atoms with Crippen LogP contribution in [-0.2, 0) is 6.42 Å². The van der Waals surface area contributed by atoms with Gasteiger partial charge in [0.25, 0.3) is 0 Å². The van der Waals surface area contributed by atoms with Crippen molar-refractivity contribution in [3.8, 4) is 0 Å². The van der Waals surface area contributed by atoms with Crippen molar-refractivity contribution in [1.29, 1.82) is 0 Å². The predicted octanol–water partition coefficient (Wildman–Crippen LogP) is 2.97. The van der Waals surface area contributed by atoms with Gasteiger partial charge >= 0.3 is 0 Å². The van der Waals surface area contributed by atoms with Crippen LogP contribution in [0.15, 0.2) is 35.2 Å². The molecule has 6 heteroatoms. The lowest BCUT2D eigenvalue weighted by Gasteiger charge is -2.19. The van der Waals surface area contributed by atoms with Crippen molar-refractivity contribution in [1.82, 2.24) is 15.0 Å². The van der Waals surface area contributed by atoms with Gasteiger partial charge < -0.3 is 4.90 Å². The highest BCUT2D eigenvalue weighted by atomic mass is 79.9. The molecule has 2 aromatic rings. The van der Waals surface area contributed by atoms with Crippen molar-refractivity contribution in [3.63, 3.8) is 0 Å². The van der Waals surface area contributed by atoms with Gasteiger partial charge in [0.15, 0.2) is 0 Å². The van der Waals surface area contributed by atoms with Gasteiger partial charge in [0.05, 0.1) is 4.47 Å². The Morgan fingerprint density at radius 3 is 2.83 bits per heavy atom. The summed E-state index contributed by atoms with van der Waals surface area (Å²) in [6.07, 6.45) is 4.11. The molecule has 0 amide bonds. The summed E-state index contributed by atoms with van der Waals surface area (Å²) in [5, 5.41) is 0.421. The lowest BCUT2D eigenvalue weighted by molar-refractivity contribution is 0.833. The standard InChI is InChI=1S/C12H12BrClN4/c1-18(7-5-9-4-2-3-6-15-9)12-10(13)11(14)16-8-17-12/h2-4,6,8H,5,7H2,1H3. The van der Waals surface area contributed by atoms with E-state index in [1.165, 1.54) is 6.33 Å². The summed E-state index contributed by atoms with van der Waals surface area (Å²) in [7, 11) is 1.96. The predicted molar refractivity (Wildman–Crippen MR) is 76.0 cm³/mol. The van der Waals surface area contributed by atoms with Crippen molar-refractivity contribution < 1.29 is 0 Å². The number of nitrogens with zero attached hydrogens (tertiary/aromatic N) is 4. The second-order valence-electron chi connectivity index (χ2n) is 3.79. The van der Waals surface area contributed by atoms with Gasteiger partial charge in [-0.3, -0.25) is 4.98 Å². The smallest absolute Gasteiger partial charge is 0.148 e. The number of hydrogen-bond acceptors (Lipinski definition) is 4. The van der Waals surface area contributed by atoms with Gasteiger partial charge in [0, 0.05) is 31.9 Å². The lowest BCUT2D eigenvalue weighted by atomic mass is 10.2. The molecule has 2 rings (SSSR count). The Kier molecular flexibility index (Phi) is 4.49. The average molecular weight is 328 g/mol. The molecule has 2 heterocycles. The summed E-state index contributed by atoms with van der Waals surface area (Å²) in [4.78, 5) is 14.4. The highest BCUT2D eigenvalue weighted by Gasteiger charge is 2.11. The highest BCUT2D eigenvalue weighted by molar-refractivity contribution is 9.10. The third-order valence-electron chi connectivity index (χ3n) is 2.52. The van der Waals surface area contributed by atoms with E-state index in [-0.39, 0.29) is 0 Å². The van der Waals surface area contributed by atoms with Crippen LogP contribution in [0.1, 0.15) is 5.69 Å². The molecule has 0 aromatic carbocycles. The van der Waals surface area contributed by atoms with Gasteiger partial charge in [0.1, 0.15) is 17.3 Å². The SMILES string of the molecule is CN(CCc1ccccn1)c1ncnc(Cl)c1Br. The molecule has 0 aliphatic carbocycles. The summed E-state index contributed by atoms with van der Waals surface area (Å²) >= 11 is 9.33. The monoisotopic (exact) mass is 326 g/mol. The second-order valence-corrected chi connectivity index (χ2v) is 4.95. The van der Waals surface area contributed by atoms with Crippen LogP contribution in [0.3, 0.4) is 0 Å². The first-order chi connectivity index (χ1) is 8.68. The van der Waals surface area contributed by atoms with E-state index in [1.807, 2.05) is 30.1 Å². The molecule has 0 saturated carbocycles. The molecule has 0 fully saturated rings. The lowest BCUT2D eigenvalue weighted by Crippen LogP contribution is -2.22. The molecular weight excluding hydrogens is 316 g/mol. The van der Waals surface area contributed by atoms with E-state index in [1.54, 1.807) is 6.20 Å². The minimum Gasteiger partial charge on any atom is -0.358 e. The number of anilines is 1. The van der Waals surface area contributed by atoms with Crippen LogP contribution in [-0.4, -0.2) is 28.5 Å². The zero-order valence-electron chi connectivity index (χ0n) is 9.85. The van der Waals surface area contributed by atoms with Crippen molar-refractivity contribution in [2.24, 2.45) is 0 Å². The first-order valence-corrected chi connectivity index (χ1v) is 6.62. The quantitative estimate of drug-likeness (QED) is 0.810. The number of halogens is 2. The fourth-order valence-electron chi connectivity index (χ4n) is 1.54. The van der Waals surface area contributed by atoms with Gasteiger partial charge in [0.2, 0.25) is 0 Å². The summed E-state index contributed by atoms with van der Waals surface area (Å²) in [6.45, 7) is 0.808. The second kappa shape index (κ2) is 6.11. The normalized spacial score (nSPS) is 10.4. The van der Waals surface area contributed by atoms with Crippen LogP contribution in [0, 0.1) is 0 Å². The molecule has 0 spiro atoms. The molecule has 4 nitrogen and oxygen atoms in total. The maximum atomic E-state index is 5.94. The van der Waals surface area contributed by atoms with Gasteiger partial charge in [-0.15, -0.1) is 0 Å².